The van der Waals surface area contributed by atoms with E-state index in [-0.39, 0.29) is 0 Å². The Kier molecular flexibility index (Phi) is 4.89. The van der Waals surface area contributed by atoms with Gasteiger partial charge in [0.1, 0.15) is 5.69 Å². The third-order valence-electron chi connectivity index (χ3n) is 5.33. The van der Waals surface area contributed by atoms with Crippen LogP contribution in [0.1, 0.15) is 11.1 Å². The number of hydrogen-bond donors (Lipinski definition) is 0. The van der Waals surface area contributed by atoms with Gasteiger partial charge in [-0.05, 0) is 38.1 Å². The van der Waals surface area contributed by atoms with E-state index < -0.39 is 0 Å². The van der Waals surface area contributed by atoms with Crippen molar-refractivity contribution in [3.8, 4) is 39.5 Å². The number of hydrogen-bond acceptors (Lipinski definition) is 3. The van der Waals surface area contributed by atoms with Crippen molar-refractivity contribution in [3.05, 3.63) is 108 Å². The highest BCUT2D eigenvalue weighted by Crippen LogP contribution is 2.30. The Morgan fingerprint density at radius 1 is 0.581 bits per heavy atom. The highest BCUT2D eigenvalue weighted by atomic mass is 15.4. The number of pyridine rings is 1. The third-order valence-corrected chi connectivity index (χ3v) is 5.33. The summed E-state index contributed by atoms with van der Waals surface area (Å²) < 4.78 is 1.80. The van der Waals surface area contributed by atoms with Crippen LogP contribution >= 0.6 is 0 Å². The molecule has 3 aromatic carbocycles. The van der Waals surface area contributed by atoms with Crippen molar-refractivity contribution in [2.45, 2.75) is 13.8 Å². The van der Waals surface area contributed by atoms with Crippen LogP contribution in [-0.4, -0.2) is 20.0 Å². The van der Waals surface area contributed by atoms with Crippen LogP contribution in [-0.2, 0) is 0 Å². The van der Waals surface area contributed by atoms with Crippen LogP contribution in [0.5, 0.6) is 0 Å². The smallest absolute Gasteiger partial charge is 0.113 e. The summed E-state index contributed by atoms with van der Waals surface area (Å²) in [4.78, 5) is 4.97. The summed E-state index contributed by atoms with van der Waals surface area (Å²) in [5.41, 5.74) is 9.23. The summed E-state index contributed by atoms with van der Waals surface area (Å²) in [5, 5.41) is 8.78. The van der Waals surface area contributed by atoms with Crippen molar-refractivity contribution in [2.24, 2.45) is 0 Å². The maximum atomic E-state index is 4.97. The van der Waals surface area contributed by atoms with Gasteiger partial charge in [0.2, 0.25) is 0 Å². The molecule has 2 heterocycles. The summed E-state index contributed by atoms with van der Waals surface area (Å²) in [6.45, 7) is 4.18. The van der Waals surface area contributed by atoms with E-state index in [9.17, 15) is 0 Å². The predicted molar refractivity (Wildman–Crippen MR) is 125 cm³/mol. The Balaban J connectivity index is 1.63. The number of para-hydroxylation sites is 1. The number of benzene rings is 3. The maximum absolute atomic E-state index is 4.97. The molecular weight excluding hydrogens is 380 g/mol. The molecule has 0 N–H and O–H groups in total. The SMILES string of the molecule is Cc1ccc(-c2cc(-c3cn(-c4ccccc4)nn3)cc(-c3ccc(C)cc3)n2)cc1. The minimum atomic E-state index is 0.813. The molecule has 4 heteroatoms. The fraction of sp³-hybridized carbons (Fsp3) is 0.0741. The summed E-state index contributed by atoms with van der Waals surface area (Å²) in [7, 11) is 0. The summed E-state index contributed by atoms with van der Waals surface area (Å²) in [5.74, 6) is 0. The molecule has 5 rings (SSSR count). The highest BCUT2D eigenvalue weighted by molar-refractivity contribution is 5.75. The maximum Gasteiger partial charge on any atom is 0.113 e. The van der Waals surface area contributed by atoms with Gasteiger partial charge in [-0.1, -0.05) is 83.1 Å². The summed E-state index contributed by atoms with van der Waals surface area (Å²) >= 11 is 0. The van der Waals surface area contributed by atoms with Gasteiger partial charge in [0.15, 0.2) is 0 Å². The molecule has 0 atom stereocenters. The van der Waals surface area contributed by atoms with E-state index in [4.69, 9.17) is 4.98 Å². The van der Waals surface area contributed by atoms with E-state index in [0.29, 0.717) is 0 Å². The molecule has 0 radical (unpaired) electrons. The van der Waals surface area contributed by atoms with Gasteiger partial charge in [0, 0.05) is 16.7 Å². The zero-order valence-corrected chi connectivity index (χ0v) is 17.5. The van der Waals surface area contributed by atoms with Crippen LogP contribution in [0.15, 0.2) is 97.2 Å². The first-order valence-electron chi connectivity index (χ1n) is 10.3. The van der Waals surface area contributed by atoms with Crippen molar-refractivity contribution in [1.29, 1.82) is 0 Å². The van der Waals surface area contributed by atoms with Crippen LogP contribution < -0.4 is 0 Å². The zero-order valence-electron chi connectivity index (χ0n) is 17.5. The highest BCUT2D eigenvalue weighted by Gasteiger charge is 2.12. The Morgan fingerprint density at radius 2 is 1.13 bits per heavy atom. The van der Waals surface area contributed by atoms with Crippen LogP contribution in [0.4, 0.5) is 0 Å². The molecule has 2 aromatic heterocycles. The van der Waals surface area contributed by atoms with Gasteiger partial charge in [-0.25, -0.2) is 9.67 Å². The molecule has 0 aliphatic carbocycles. The molecule has 5 aromatic rings. The van der Waals surface area contributed by atoms with Crippen molar-refractivity contribution >= 4 is 0 Å². The van der Waals surface area contributed by atoms with E-state index in [1.807, 2.05) is 36.5 Å². The fourth-order valence-electron chi connectivity index (χ4n) is 3.53. The predicted octanol–water partition coefficient (Wildman–Crippen LogP) is 6.28. The lowest BCUT2D eigenvalue weighted by molar-refractivity contribution is 0.804. The van der Waals surface area contributed by atoms with Crippen LogP contribution in [0.2, 0.25) is 0 Å². The minimum absolute atomic E-state index is 0.813. The van der Waals surface area contributed by atoms with Gasteiger partial charge in [0.05, 0.1) is 23.3 Å². The molecular formula is C27H22N4. The van der Waals surface area contributed by atoms with Gasteiger partial charge in [-0.3, -0.25) is 0 Å². The van der Waals surface area contributed by atoms with Crippen molar-refractivity contribution in [2.75, 3.05) is 0 Å². The molecule has 0 fully saturated rings. The lowest BCUT2D eigenvalue weighted by Gasteiger charge is -2.09. The van der Waals surface area contributed by atoms with Gasteiger partial charge >= 0.3 is 0 Å². The largest absolute Gasteiger partial charge is 0.248 e. The van der Waals surface area contributed by atoms with Crippen molar-refractivity contribution < 1.29 is 0 Å². The van der Waals surface area contributed by atoms with Gasteiger partial charge in [0.25, 0.3) is 0 Å². The molecule has 0 spiro atoms. The Labute approximate surface area is 181 Å². The average Bonchev–Trinajstić information content (AvgIpc) is 3.31. The molecule has 0 saturated carbocycles. The van der Waals surface area contributed by atoms with Crippen molar-refractivity contribution in [1.82, 2.24) is 20.0 Å². The van der Waals surface area contributed by atoms with Crippen LogP contribution in [0.25, 0.3) is 39.5 Å². The Hall–Kier alpha value is -4.05. The molecule has 0 aliphatic heterocycles. The monoisotopic (exact) mass is 402 g/mol. The first-order valence-corrected chi connectivity index (χ1v) is 10.3. The normalized spacial score (nSPS) is 10.9. The molecule has 31 heavy (non-hydrogen) atoms. The van der Waals surface area contributed by atoms with Crippen LogP contribution in [0.3, 0.4) is 0 Å². The Morgan fingerprint density at radius 3 is 1.68 bits per heavy atom. The lowest BCUT2D eigenvalue weighted by atomic mass is 10.0. The molecule has 0 bridgehead atoms. The van der Waals surface area contributed by atoms with Gasteiger partial charge in [-0.2, -0.15) is 0 Å². The quantitative estimate of drug-likeness (QED) is 0.355. The standard InChI is InChI=1S/C27H22N4/c1-19-8-12-21(13-9-19)25-16-23(17-26(28-25)22-14-10-20(2)11-15-22)27-18-31(30-29-27)24-6-4-3-5-7-24/h3-18H,1-2H3. The first-order chi connectivity index (χ1) is 15.2. The van der Waals surface area contributed by atoms with Crippen LogP contribution in [0, 0.1) is 13.8 Å². The van der Waals surface area contributed by atoms with Crippen molar-refractivity contribution in [3.63, 3.8) is 0 Å². The number of rotatable bonds is 4. The van der Waals surface area contributed by atoms with E-state index in [2.05, 4.69) is 84.8 Å². The summed E-state index contributed by atoms with van der Waals surface area (Å²) in [6, 6.07) is 31.1. The lowest BCUT2D eigenvalue weighted by Crippen LogP contribution is -1.93. The average molecular weight is 403 g/mol. The zero-order chi connectivity index (χ0) is 21.2. The first kappa shape index (κ1) is 18.9. The second kappa shape index (κ2) is 8.00. The number of aromatic nitrogens is 4. The second-order valence-corrected chi connectivity index (χ2v) is 7.74. The molecule has 4 nitrogen and oxygen atoms in total. The second-order valence-electron chi connectivity index (χ2n) is 7.74. The Bertz CT molecular complexity index is 1250. The molecule has 0 saturated heterocycles. The van der Waals surface area contributed by atoms with E-state index >= 15 is 0 Å². The molecule has 0 aliphatic rings. The van der Waals surface area contributed by atoms with E-state index in [1.165, 1.54) is 11.1 Å². The number of aryl methyl sites for hydroxylation is 2. The number of nitrogens with zero attached hydrogens (tertiary/aromatic N) is 4. The molecule has 150 valence electrons. The third kappa shape index (κ3) is 4.01. The van der Waals surface area contributed by atoms with Gasteiger partial charge < -0.3 is 0 Å². The van der Waals surface area contributed by atoms with E-state index in [1.54, 1.807) is 4.68 Å². The summed E-state index contributed by atoms with van der Waals surface area (Å²) in [6.07, 6.45) is 1.96. The molecule has 0 unspecified atom stereocenters. The minimum Gasteiger partial charge on any atom is -0.248 e. The van der Waals surface area contributed by atoms with Gasteiger partial charge in [-0.15, -0.1) is 5.10 Å². The molecule has 0 amide bonds. The van der Waals surface area contributed by atoms with E-state index in [0.717, 1.165) is 39.5 Å². The topological polar surface area (TPSA) is 43.6 Å². The fourth-order valence-corrected chi connectivity index (χ4v) is 3.53.